The molecule has 3 aromatic carbocycles. The highest BCUT2D eigenvalue weighted by molar-refractivity contribution is 6.03. The minimum atomic E-state index is -0.425. The zero-order chi connectivity index (χ0) is 20.5. The van der Waals surface area contributed by atoms with Crippen molar-refractivity contribution in [2.45, 2.75) is 19.1 Å². The predicted octanol–water partition coefficient (Wildman–Crippen LogP) is 5.64. The summed E-state index contributed by atoms with van der Waals surface area (Å²) >= 11 is 0. The van der Waals surface area contributed by atoms with E-state index in [1.165, 1.54) is 5.56 Å². The average molecular weight is 393 g/mol. The second-order valence-electron chi connectivity index (χ2n) is 7.85. The van der Waals surface area contributed by atoms with Gasteiger partial charge in [0.25, 0.3) is 0 Å². The van der Waals surface area contributed by atoms with Crippen molar-refractivity contribution in [1.29, 1.82) is 0 Å². The van der Waals surface area contributed by atoms with Crippen LogP contribution in [0.25, 0.3) is 6.08 Å². The molecule has 0 amide bonds. The van der Waals surface area contributed by atoms with E-state index in [4.69, 9.17) is 4.84 Å². The highest BCUT2D eigenvalue weighted by Crippen LogP contribution is 2.43. The Kier molecular flexibility index (Phi) is 4.82. The molecule has 5 rings (SSSR count). The topological polar surface area (TPSA) is 29.5 Å². The number of carbonyl (C=O) groups is 1. The van der Waals surface area contributed by atoms with Gasteiger partial charge in [0, 0.05) is 11.5 Å². The summed E-state index contributed by atoms with van der Waals surface area (Å²) in [6.07, 6.45) is 6.19. The van der Waals surface area contributed by atoms with Gasteiger partial charge in [-0.2, -0.15) is 0 Å². The van der Waals surface area contributed by atoms with Gasteiger partial charge in [-0.1, -0.05) is 96.6 Å². The number of para-hydroxylation sites is 1. The highest BCUT2D eigenvalue weighted by Gasteiger charge is 2.50. The summed E-state index contributed by atoms with van der Waals surface area (Å²) in [5.41, 5.74) is 5.08. The number of hydroxylamine groups is 1. The van der Waals surface area contributed by atoms with E-state index in [-0.39, 0.29) is 17.8 Å². The van der Waals surface area contributed by atoms with Crippen molar-refractivity contribution in [3.8, 4) is 0 Å². The van der Waals surface area contributed by atoms with Crippen molar-refractivity contribution in [1.82, 2.24) is 0 Å². The molecule has 0 N–H and O–H groups in total. The molecule has 1 aliphatic carbocycles. The van der Waals surface area contributed by atoms with Crippen LogP contribution < -0.4 is 5.06 Å². The first-order chi connectivity index (χ1) is 14.7. The average Bonchev–Trinajstić information content (AvgIpc) is 3.36. The van der Waals surface area contributed by atoms with Crippen LogP contribution in [0.4, 0.5) is 5.69 Å². The van der Waals surface area contributed by atoms with Crippen molar-refractivity contribution in [3.05, 3.63) is 119 Å². The van der Waals surface area contributed by atoms with Gasteiger partial charge in [-0.05, 0) is 30.2 Å². The van der Waals surface area contributed by atoms with Gasteiger partial charge in [-0.3, -0.25) is 9.63 Å². The van der Waals surface area contributed by atoms with Crippen LogP contribution in [0, 0.1) is 12.8 Å². The van der Waals surface area contributed by atoms with Gasteiger partial charge in [0.1, 0.15) is 12.1 Å². The Morgan fingerprint density at radius 3 is 2.27 bits per heavy atom. The van der Waals surface area contributed by atoms with E-state index in [2.05, 4.69) is 49.4 Å². The van der Waals surface area contributed by atoms with E-state index in [1.807, 2.05) is 60.7 Å². The fourth-order valence-electron chi connectivity index (χ4n) is 4.27. The molecule has 0 unspecified atom stereocenters. The van der Waals surface area contributed by atoms with Gasteiger partial charge < -0.3 is 0 Å². The Bertz CT molecular complexity index is 1100. The van der Waals surface area contributed by atoms with Gasteiger partial charge in [0.05, 0.1) is 5.69 Å². The van der Waals surface area contributed by atoms with E-state index in [0.717, 1.165) is 16.8 Å². The number of Topliss-reactive ketones (excluding diaryl/α,β-unsaturated/α-hetero) is 1. The van der Waals surface area contributed by atoms with Crippen molar-refractivity contribution in [2.75, 3.05) is 5.06 Å². The minimum Gasteiger partial charge on any atom is -0.292 e. The summed E-state index contributed by atoms with van der Waals surface area (Å²) in [6, 6.07) is 27.4. The molecule has 0 aromatic heterocycles. The molecule has 1 heterocycles. The fraction of sp³-hybridized carbons (Fsp3) is 0.148. The standard InChI is InChI=1S/C27H23NO2/c1-19-12-14-20(15-13-19)18-22-16-17-24-25(22)26(27(29)21-8-4-2-5-9-21)28(30-24)23-10-6-3-7-11-23/h2-18,24-26H,1H3/b22-18-/t24-,25+,26+/m1/s1. The molecule has 0 saturated carbocycles. The second-order valence-corrected chi connectivity index (χ2v) is 7.85. The number of allylic oxidation sites excluding steroid dienone is 1. The molecule has 0 spiro atoms. The number of hydrogen-bond acceptors (Lipinski definition) is 3. The summed E-state index contributed by atoms with van der Waals surface area (Å²) < 4.78 is 0. The zero-order valence-electron chi connectivity index (χ0n) is 16.8. The molecule has 1 fully saturated rings. The molecule has 0 radical (unpaired) electrons. The summed E-state index contributed by atoms with van der Waals surface area (Å²) in [5.74, 6) is 0.0182. The third-order valence-corrected chi connectivity index (χ3v) is 5.79. The van der Waals surface area contributed by atoms with Crippen LogP contribution in [-0.2, 0) is 4.84 Å². The molecule has 1 saturated heterocycles. The summed E-state index contributed by atoms with van der Waals surface area (Å²) in [7, 11) is 0. The van der Waals surface area contributed by atoms with Crippen molar-refractivity contribution < 1.29 is 9.63 Å². The molecule has 148 valence electrons. The molecule has 30 heavy (non-hydrogen) atoms. The molecule has 1 aliphatic heterocycles. The maximum atomic E-state index is 13.6. The van der Waals surface area contributed by atoms with Crippen LogP contribution in [0.15, 0.2) is 103 Å². The summed E-state index contributed by atoms with van der Waals surface area (Å²) in [5, 5.41) is 1.80. The van der Waals surface area contributed by atoms with Crippen LogP contribution in [0.1, 0.15) is 21.5 Å². The largest absolute Gasteiger partial charge is 0.292 e. The van der Waals surface area contributed by atoms with E-state index in [1.54, 1.807) is 5.06 Å². The van der Waals surface area contributed by atoms with Crippen LogP contribution >= 0.6 is 0 Å². The Labute approximate surface area is 176 Å². The number of hydrogen-bond donors (Lipinski definition) is 0. The maximum Gasteiger partial charge on any atom is 0.188 e. The number of ketones is 1. The SMILES string of the molecule is Cc1ccc(/C=C2/C=C[C@H]3ON(c4ccccc4)[C@H](C(=O)c4ccccc4)[C@@H]23)cc1. The quantitative estimate of drug-likeness (QED) is 0.538. The number of carbonyl (C=O) groups excluding carboxylic acids is 1. The van der Waals surface area contributed by atoms with Gasteiger partial charge >= 0.3 is 0 Å². The lowest BCUT2D eigenvalue weighted by Crippen LogP contribution is -2.40. The number of fused-ring (bicyclic) bond motifs is 1. The van der Waals surface area contributed by atoms with Crippen LogP contribution in [0.2, 0.25) is 0 Å². The number of nitrogens with zero attached hydrogens (tertiary/aromatic N) is 1. The fourth-order valence-corrected chi connectivity index (χ4v) is 4.27. The molecule has 3 heteroatoms. The van der Waals surface area contributed by atoms with Gasteiger partial charge in [-0.15, -0.1) is 0 Å². The lowest BCUT2D eigenvalue weighted by Gasteiger charge is -2.26. The first-order valence-electron chi connectivity index (χ1n) is 10.3. The highest BCUT2D eigenvalue weighted by atomic mass is 16.7. The minimum absolute atomic E-state index is 0.0563. The third-order valence-electron chi connectivity index (χ3n) is 5.79. The maximum absolute atomic E-state index is 13.6. The van der Waals surface area contributed by atoms with Crippen LogP contribution in [-0.4, -0.2) is 17.9 Å². The normalized spacial score (nSPS) is 23.7. The monoisotopic (exact) mass is 393 g/mol. The predicted molar refractivity (Wildman–Crippen MR) is 120 cm³/mol. The number of rotatable bonds is 4. The zero-order valence-corrected chi connectivity index (χ0v) is 16.8. The lowest BCUT2D eigenvalue weighted by atomic mass is 9.86. The Balaban J connectivity index is 1.56. The first-order valence-corrected chi connectivity index (χ1v) is 10.3. The van der Waals surface area contributed by atoms with Gasteiger partial charge in [0.15, 0.2) is 5.78 Å². The third kappa shape index (κ3) is 3.38. The molecular weight excluding hydrogens is 370 g/mol. The van der Waals surface area contributed by atoms with E-state index < -0.39 is 6.04 Å². The van der Waals surface area contributed by atoms with Crippen LogP contribution in [0.3, 0.4) is 0 Å². The number of aryl methyl sites for hydroxylation is 1. The molecule has 2 aliphatic rings. The first kappa shape index (κ1) is 18.6. The van der Waals surface area contributed by atoms with Crippen LogP contribution in [0.5, 0.6) is 0 Å². The van der Waals surface area contributed by atoms with Crippen molar-refractivity contribution in [3.63, 3.8) is 0 Å². The summed E-state index contributed by atoms with van der Waals surface area (Å²) in [6.45, 7) is 2.08. The molecule has 3 aromatic rings. The van der Waals surface area contributed by atoms with Crippen molar-refractivity contribution >= 4 is 17.5 Å². The molecule has 0 bridgehead atoms. The van der Waals surface area contributed by atoms with Gasteiger partial charge in [0.2, 0.25) is 0 Å². The number of benzene rings is 3. The second kappa shape index (κ2) is 7.77. The van der Waals surface area contributed by atoms with Gasteiger partial charge in [-0.25, -0.2) is 5.06 Å². The van der Waals surface area contributed by atoms with Crippen molar-refractivity contribution in [2.24, 2.45) is 5.92 Å². The van der Waals surface area contributed by atoms with E-state index in [9.17, 15) is 4.79 Å². The number of anilines is 1. The van der Waals surface area contributed by atoms with E-state index in [0.29, 0.717) is 5.56 Å². The Morgan fingerprint density at radius 1 is 0.900 bits per heavy atom. The Morgan fingerprint density at radius 2 is 1.57 bits per heavy atom. The molecule has 3 nitrogen and oxygen atoms in total. The smallest absolute Gasteiger partial charge is 0.188 e. The molecule has 3 atom stereocenters. The lowest BCUT2D eigenvalue weighted by molar-refractivity contribution is 0.0885. The molecular formula is C27H23NO2. The Hall–Kier alpha value is -3.43. The van der Waals surface area contributed by atoms with E-state index >= 15 is 0 Å². The summed E-state index contributed by atoms with van der Waals surface area (Å²) in [4.78, 5) is 19.9.